The Hall–Kier alpha value is -1.46. The normalized spacial score (nSPS) is 17.6. The molecule has 0 bridgehead atoms. The Morgan fingerprint density at radius 3 is 2.83 bits per heavy atom. The van der Waals surface area contributed by atoms with Gasteiger partial charge in [-0.2, -0.15) is 0 Å². The van der Waals surface area contributed by atoms with Crippen LogP contribution in [0.4, 0.5) is 0 Å². The molecule has 1 N–H and O–H groups in total. The zero-order valence-electron chi connectivity index (χ0n) is 10.8. The second-order valence-corrected chi connectivity index (χ2v) is 4.64. The van der Waals surface area contributed by atoms with E-state index in [-0.39, 0.29) is 5.91 Å². The Balaban J connectivity index is 1.68. The topological polar surface area (TPSA) is 48.5 Å². The number of pyridine rings is 1. The number of aromatic nitrogens is 1. The van der Waals surface area contributed by atoms with E-state index < -0.39 is 0 Å². The fourth-order valence-corrected chi connectivity index (χ4v) is 2.00. The van der Waals surface area contributed by atoms with Gasteiger partial charge in [0.15, 0.2) is 0 Å². The summed E-state index contributed by atoms with van der Waals surface area (Å²) >= 11 is 0. The number of carbonyl (C=O) groups is 1. The third kappa shape index (κ3) is 3.78. The molecule has 2 heterocycles. The van der Waals surface area contributed by atoms with Crippen LogP contribution >= 0.6 is 0 Å². The number of carbonyl (C=O) groups excluding carboxylic acids is 1. The van der Waals surface area contributed by atoms with Crippen molar-refractivity contribution in [2.24, 2.45) is 0 Å². The first-order chi connectivity index (χ1) is 8.75. The quantitative estimate of drug-likeness (QED) is 0.818. The first-order valence-electron chi connectivity index (χ1n) is 6.35. The van der Waals surface area contributed by atoms with E-state index in [4.69, 9.17) is 0 Å². The highest BCUT2D eigenvalue weighted by Crippen LogP contribution is 1.98. The highest BCUT2D eigenvalue weighted by Gasteiger charge is 2.13. The van der Waals surface area contributed by atoms with Crippen molar-refractivity contribution in [3.63, 3.8) is 0 Å². The van der Waals surface area contributed by atoms with Crippen molar-refractivity contribution in [1.82, 2.24) is 20.1 Å². The Morgan fingerprint density at radius 1 is 1.39 bits per heavy atom. The van der Waals surface area contributed by atoms with Gasteiger partial charge in [-0.25, -0.2) is 0 Å². The highest BCUT2D eigenvalue weighted by molar-refractivity contribution is 5.93. The van der Waals surface area contributed by atoms with Crippen LogP contribution < -0.4 is 5.32 Å². The summed E-state index contributed by atoms with van der Waals surface area (Å²) in [5, 5.41) is 2.92. The Labute approximate surface area is 108 Å². The van der Waals surface area contributed by atoms with E-state index in [1.54, 1.807) is 24.5 Å². The average Bonchev–Trinajstić information content (AvgIpc) is 2.42. The zero-order valence-corrected chi connectivity index (χ0v) is 10.8. The minimum atomic E-state index is -0.0442. The number of amides is 1. The standard InChI is InChI=1S/C13H20N4O/c1-16-7-9-17(10-8-16)6-5-15-13(18)12-3-2-4-14-11-12/h2-4,11H,5-10H2,1H3,(H,15,18). The van der Waals surface area contributed by atoms with E-state index in [1.165, 1.54) is 0 Å². The van der Waals surface area contributed by atoms with Crippen LogP contribution in [-0.2, 0) is 0 Å². The van der Waals surface area contributed by atoms with E-state index in [0.717, 1.165) is 32.7 Å². The summed E-state index contributed by atoms with van der Waals surface area (Å²) in [5.41, 5.74) is 0.621. The van der Waals surface area contributed by atoms with E-state index in [1.807, 2.05) is 0 Å². The molecule has 2 rings (SSSR count). The van der Waals surface area contributed by atoms with E-state index in [0.29, 0.717) is 12.1 Å². The molecular weight excluding hydrogens is 228 g/mol. The summed E-state index contributed by atoms with van der Waals surface area (Å²) in [5.74, 6) is -0.0442. The first-order valence-corrected chi connectivity index (χ1v) is 6.35. The maximum atomic E-state index is 11.8. The minimum absolute atomic E-state index is 0.0442. The lowest BCUT2D eigenvalue weighted by molar-refractivity contribution is 0.0940. The van der Waals surface area contributed by atoms with Crippen molar-refractivity contribution in [3.05, 3.63) is 30.1 Å². The first kappa shape index (κ1) is 13.0. The molecule has 1 aromatic rings. The zero-order chi connectivity index (χ0) is 12.8. The summed E-state index contributed by atoms with van der Waals surface area (Å²) in [6.07, 6.45) is 3.26. The van der Waals surface area contributed by atoms with Crippen LogP contribution in [0.15, 0.2) is 24.5 Å². The molecule has 1 aliphatic rings. The molecule has 5 heteroatoms. The highest BCUT2D eigenvalue weighted by atomic mass is 16.1. The predicted molar refractivity (Wildman–Crippen MR) is 70.5 cm³/mol. The monoisotopic (exact) mass is 248 g/mol. The molecule has 5 nitrogen and oxygen atoms in total. The van der Waals surface area contributed by atoms with Gasteiger partial charge in [0.05, 0.1) is 5.56 Å². The fourth-order valence-electron chi connectivity index (χ4n) is 2.00. The number of nitrogens with one attached hydrogen (secondary N) is 1. The lowest BCUT2D eigenvalue weighted by Gasteiger charge is -2.32. The van der Waals surface area contributed by atoms with E-state index >= 15 is 0 Å². The van der Waals surface area contributed by atoms with Crippen molar-refractivity contribution in [2.45, 2.75) is 0 Å². The van der Waals surface area contributed by atoms with Crippen molar-refractivity contribution in [2.75, 3.05) is 46.3 Å². The minimum Gasteiger partial charge on any atom is -0.351 e. The van der Waals surface area contributed by atoms with Gasteiger partial charge in [-0.3, -0.25) is 14.7 Å². The van der Waals surface area contributed by atoms with Gasteiger partial charge >= 0.3 is 0 Å². The van der Waals surface area contributed by atoms with Crippen LogP contribution in [0.1, 0.15) is 10.4 Å². The van der Waals surface area contributed by atoms with Crippen molar-refractivity contribution in [1.29, 1.82) is 0 Å². The van der Waals surface area contributed by atoms with Gasteiger partial charge in [-0.1, -0.05) is 0 Å². The van der Waals surface area contributed by atoms with Gasteiger partial charge in [-0.15, -0.1) is 0 Å². The molecule has 1 aliphatic heterocycles. The van der Waals surface area contributed by atoms with Crippen LogP contribution in [0.5, 0.6) is 0 Å². The molecule has 0 aromatic carbocycles. The van der Waals surface area contributed by atoms with E-state index in [9.17, 15) is 4.79 Å². The predicted octanol–water partition coefficient (Wildman–Crippen LogP) is 0.0588. The van der Waals surface area contributed by atoms with Crippen molar-refractivity contribution in [3.8, 4) is 0 Å². The second kappa shape index (κ2) is 6.47. The van der Waals surface area contributed by atoms with Crippen LogP contribution in [0, 0.1) is 0 Å². The molecule has 1 saturated heterocycles. The summed E-state index contributed by atoms with van der Waals surface area (Å²) in [6.45, 7) is 5.99. The molecule has 98 valence electrons. The van der Waals surface area contributed by atoms with Gasteiger partial charge in [0.25, 0.3) is 5.91 Å². The Kier molecular flexibility index (Phi) is 4.66. The van der Waals surface area contributed by atoms with E-state index in [2.05, 4.69) is 27.1 Å². The number of hydrogen-bond acceptors (Lipinski definition) is 4. The number of rotatable bonds is 4. The summed E-state index contributed by atoms with van der Waals surface area (Å²) in [7, 11) is 2.14. The number of hydrogen-bond donors (Lipinski definition) is 1. The van der Waals surface area contributed by atoms with Crippen molar-refractivity contribution >= 4 is 5.91 Å². The summed E-state index contributed by atoms with van der Waals surface area (Å²) < 4.78 is 0. The molecule has 1 aromatic heterocycles. The van der Waals surface area contributed by atoms with Gasteiger partial charge < -0.3 is 10.2 Å². The maximum absolute atomic E-state index is 11.8. The summed E-state index contributed by atoms with van der Waals surface area (Å²) in [6, 6.07) is 3.55. The third-order valence-corrected chi connectivity index (χ3v) is 3.23. The molecule has 1 amide bonds. The number of nitrogens with zero attached hydrogens (tertiary/aromatic N) is 3. The molecule has 0 unspecified atom stereocenters. The maximum Gasteiger partial charge on any atom is 0.252 e. The molecule has 0 saturated carbocycles. The second-order valence-electron chi connectivity index (χ2n) is 4.64. The van der Waals surface area contributed by atoms with Crippen molar-refractivity contribution < 1.29 is 4.79 Å². The molecule has 0 atom stereocenters. The lowest BCUT2D eigenvalue weighted by atomic mass is 10.2. The average molecular weight is 248 g/mol. The molecular formula is C13H20N4O. The van der Waals surface area contributed by atoms with Crippen LogP contribution in [0.25, 0.3) is 0 Å². The van der Waals surface area contributed by atoms with Gasteiger partial charge in [0.2, 0.25) is 0 Å². The third-order valence-electron chi connectivity index (χ3n) is 3.23. The fraction of sp³-hybridized carbons (Fsp3) is 0.538. The van der Waals surface area contributed by atoms with Crippen LogP contribution in [0.3, 0.4) is 0 Å². The summed E-state index contributed by atoms with van der Waals surface area (Å²) in [4.78, 5) is 20.4. The molecule has 0 spiro atoms. The van der Waals surface area contributed by atoms with Crippen LogP contribution in [-0.4, -0.2) is 67.0 Å². The smallest absolute Gasteiger partial charge is 0.252 e. The molecule has 18 heavy (non-hydrogen) atoms. The Morgan fingerprint density at radius 2 is 2.17 bits per heavy atom. The largest absolute Gasteiger partial charge is 0.351 e. The number of piperazine rings is 1. The SMILES string of the molecule is CN1CCN(CCNC(=O)c2cccnc2)CC1. The Bertz CT molecular complexity index is 374. The number of likely N-dealkylation sites (N-methyl/N-ethyl adjacent to an activating group) is 1. The molecule has 0 aliphatic carbocycles. The lowest BCUT2D eigenvalue weighted by Crippen LogP contribution is -2.46. The van der Waals surface area contributed by atoms with Gasteiger partial charge in [0, 0.05) is 51.7 Å². The van der Waals surface area contributed by atoms with Gasteiger partial charge in [-0.05, 0) is 19.2 Å². The molecule has 0 radical (unpaired) electrons. The van der Waals surface area contributed by atoms with Crippen LogP contribution in [0.2, 0.25) is 0 Å². The van der Waals surface area contributed by atoms with Gasteiger partial charge in [0.1, 0.15) is 0 Å². The molecule has 1 fully saturated rings.